The van der Waals surface area contributed by atoms with E-state index in [1.54, 1.807) is 31.0 Å². The Labute approximate surface area is 321 Å². The summed E-state index contributed by atoms with van der Waals surface area (Å²) in [6.45, 7) is 0.317. The SMILES string of the molecule is COC(=O)/C=C/c1ccc2c(c1)C1(C(=O)N2Cc2ccc(OC)cc2)[C@H](C(=O)/C=C/c2ccc(N(C)C)cc2)[C@@H](c2ccc(N(C)C)cc2)[C@@H]2CSCN21. The molecule has 10 heteroatoms. The Morgan fingerprint density at radius 1 is 0.833 bits per heavy atom. The highest BCUT2D eigenvalue weighted by Crippen LogP contribution is 2.62. The van der Waals surface area contributed by atoms with Gasteiger partial charge in [-0.25, -0.2) is 4.79 Å². The molecule has 0 aliphatic carbocycles. The highest BCUT2D eigenvalue weighted by Gasteiger charge is 2.70. The minimum Gasteiger partial charge on any atom is -0.497 e. The van der Waals surface area contributed by atoms with E-state index < -0.39 is 17.4 Å². The van der Waals surface area contributed by atoms with Crippen molar-refractivity contribution in [2.45, 2.75) is 24.0 Å². The fourth-order valence-electron chi connectivity index (χ4n) is 8.25. The topological polar surface area (TPSA) is 82.6 Å². The van der Waals surface area contributed by atoms with Gasteiger partial charge in [-0.05, 0) is 82.9 Å². The minimum absolute atomic E-state index is 0.0751. The fourth-order valence-corrected chi connectivity index (χ4v) is 9.57. The Hall–Kier alpha value is -5.32. The Bertz CT molecular complexity index is 2090. The molecular weight excluding hydrogens is 697 g/mol. The molecule has 0 aromatic heterocycles. The molecular formula is C44H46N4O5S. The molecule has 0 bridgehead atoms. The molecule has 7 rings (SSSR count). The highest BCUT2D eigenvalue weighted by molar-refractivity contribution is 7.99. The Morgan fingerprint density at radius 3 is 2.09 bits per heavy atom. The number of hydrogen-bond acceptors (Lipinski definition) is 9. The average Bonchev–Trinajstić information content (AvgIpc) is 3.85. The molecule has 0 N–H and O–H groups in total. The van der Waals surface area contributed by atoms with E-state index in [0.29, 0.717) is 12.4 Å². The molecule has 0 radical (unpaired) electrons. The summed E-state index contributed by atoms with van der Waals surface area (Å²) in [4.78, 5) is 51.2. The van der Waals surface area contributed by atoms with Crippen LogP contribution in [0.5, 0.6) is 5.75 Å². The van der Waals surface area contributed by atoms with Gasteiger partial charge in [0.1, 0.15) is 11.3 Å². The lowest BCUT2D eigenvalue weighted by Gasteiger charge is -2.37. The van der Waals surface area contributed by atoms with Gasteiger partial charge < -0.3 is 24.2 Å². The van der Waals surface area contributed by atoms with Crippen molar-refractivity contribution in [2.75, 3.05) is 68.7 Å². The summed E-state index contributed by atoms with van der Waals surface area (Å²) in [5.41, 5.74) is 5.96. The van der Waals surface area contributed by atoms with Gasteiger partial charge in [-0.2, -0.15) is 0 Å². The molecule has 2 saturated heterocycles. The number of methoxy groups -OCH3 is 2. The normalized spacial score (nSPS) is 21.9. The van der Waals surface area contributed by atoms with Crippen LogP contribution < -0.4 is 19.4 Å². The van der Waals surface area contributed by atoms with E-state index in [0.717, 1.165) is 56.4 Å². The summed E-state index contributed by atoms with van der Waals surface area (Å²) in [6, 6.07) is 30.0. The molecule has 3 aliphatic rings. The van der Waals surface area contributed by atoms with E-state index in [1.165, 1.54) is 13.2 Å². The van der Waals surface area contributed by atoms with Crippen LogP contribution in [0.15, 0.2) is 103 Å². The number of ketones is 1. The zero-order valence-corrected chi connectivity index (χ0v) is 32.4. The first-order valence-corrected chi connectivity index (χ1v) is 19.2. The molecule has 4 atom stereocenters. The molecule has 278 valence electrons. The van der Waals surface area contributed by atoms with Crippen molar-refractivity contribution < 1.29 is 23.9 Å². The van der Waals surface area contributed by atoms with E-state index in [4.69, 9.17) is 9.47 Å². The van der Waals surface area contributed by atoms with E-state index in [9.17, 15) is 4.79 Å². The van der Waals surface area contributed by atoms with Crippen molar-refractivity contribution in [1.29, 1.82) is 0 Å². The van der Waals surface area contributed by atoms with E-state index >= 15 is 9.59 Å². The third-order valence-electron chi connectivity index (χ3n) is 11.0. The largest absolute Gasteiger partial charge is 0.497 e. The van der Waals surface area contributed by atoms with Crippen LogP contribution in [-0.4, -0.2) is 82.6 Å². The number of thioether (sulfide) groups is 1. The molecule has 54 heavy (non-hydrogen) atoms. The van der Waals surface area contributed by atoms with Crippen molar-refractivity contribution in [3.63, 3.8) is 0 Å². The molecule has 1 unspecified atom stereocenters. The fraction of sp³-hybridized carbons (Fsp3) is 0.295. The molecule has 0 saturated carbocycles. The van der Waals surface area contributed by atoms with Crippen molar-refractivity contribution in [2.24, 2.45) is 5.92 Å². The number of allylic oxidation sites excluding steroid dienone is 1. The maximum Gasteiger partial charge on any atom is 0.330 e. The van der Waals surface area contributed by atoms with Gasteiger partial charge in [-0.15, -0.1) is 11.8 Å². The van der Waals surface area contributed by atoms with Crippen LogP contribution in [0.2, 0.25) is 0 Å². The summed E-state index contributed by atoms with van der Waals surface area (Å²) < 4.78 is 10.3. The predicted octanol–water partition coefficient (Wildman–Crippen LogP) is 6.83. The van der Waals surface area contributed by atoms with Crippen LogP contribution in [0.1, 0.15) is 33.7 Å². The number of esters is 1. The van der Waals surface area contributed by atoms with E-state index in [-0.39, 0.29) is 23.7 Å². The number of nitrogens with zero attached hydrogens (tertiary/aromatic N) is 4. The van der Waals surface area contributed by atoms with Crippen molar-refractivity contribution in [3.05, 3.63) is 131 Å². The van der Waals surface area contributed by atoms with Gasteiger partial charge in [0, 0.05) is 80.5 Å². The summed E-state index contributed by atoms with van der Waals surface area (Å²) >= 11 is 1.79. The van der Waals surface area contributed by atoms with Gasteiger partial charge in [-0.3, -0.25) is 14.5 Å². The molecule has 4 aromatic rings. The highest BCUT2D eigenvalue weighted by atomic mass is 32.2. The van der Waals surface area contributed by atoms with Gasteiger partial charge in [0.05, 0.1) is 26.7 Å². The van der Waals surface area contributed by atoms with Crippen molar-refractivity contribution >= 4 is 58.6 Å². The first-order chi connectivity index (χ1) is 26.1. The lowest BCUT2D eigenvalue weighted by Crippen LogP contribution is -2.54. The standard InChI is InChI=1S/C44H46N4O5S/c1-45(2)33-16-7-29(8-17-33)12-23-39(49)42-41(32-14-18-34(19-15-32)46(3)4)38-27-54-28-48(38)44(42)36-25-30(13-24-40(50)53-6)11-22-37(36)47(43(44)51)26-31-9-20-35(52-5)21-10-31/h7-25,38,41-42H,26-28H2,1-6H3/b23-12+,24-13+/t38-,41-,42+,44?/m0/s1. The maximum absolute atomic E-state index is 15.7. The third kappa shape index (κ3) is 6.58. The Kier molecular flexibility index (Phi) is 10.4. The number of hydrogen-bond donors (Lipinski definition) is 0. The monoisotopic (exact) mass is 742 g/mol. The zero-order valence-electron chi connectivity index (χ0n) is 31.6. The van der Waals surface area contributed by atoms with E-state index in [2.05, 4.69) is 34.1 Å². The average molecular weight is 743 g/mol. The number of rotatable bonds is 11. The number of fused-ring (bicyclic) bond motifs is 4. The molecule has 4 aromatic carbocycles. The van der Waals surface area contributed by atoms with Crippen molar-refractivity contribution in [3.8, 4) is 5.75 Å². The van der Waals surface area contributed by atoms with Crippen LogP contribution in [-0.2, 0) is 31.2 Å². The molecule has 3 heterocycles. The van der Waals surface area contributed by atoms with Crippen LogP contribution in [0, 0.1) is 5.92 Å². The van der Waals surface area contributed by atoms with Crippen LogP contribution in [0.25, 0.3) is 12.2 Å². The molecule has 2 fully saturated rings. The Balaban J connectivity index is 1.41. The van der Waals surface area contributed by atoms with Gasteiger partial charge >= 0.3 is 5.97 Å². The second-order valence-corrected chi connectivity index (χ2v) is 15.4. The van der Waals surface area contributed by atoms with Gasteiger partial charge in [0.15, 0.2) is 5.78 Å². The maximum atomic E-state index is 15.7. The first-order valence-electron chi connectivity index (χ1n) is 18.0. The second-order valence-electron chi connectivity index (χ2n) is 14.4. The summed E-state index contributed by atoms with van der Waals surface area (Å²) in [7, 11) is 11.0. The van der Waals surface area contributed by atoms with Crippen LogP contribution >= 0.6 is 11.8 Å². The number of amides is 1. The lowest BCUT2D eigenvalue weighted by molar-refractivity contribution is -0.136. The van der Waals surface area contributed by atoms with Gasteiger partial charge in [0.2, 0.25) is 0 Å². The first kappa shape index (κ1) is 37.0. The molecule has 1 spiro atoms. The quantitative estimate of drug-likeness (QED) is 0.121. The molecule has 3 aliphatic heterocycles. The Morgan fingerprint density at radius 2 is 1.46 bits per heavy atom. The zero-order chi connectivity index (χ0) is 38.1. The number of carbonyl (C=O) groups is 3. The number of benzene rings is 4. The van der Waals surface area contributed by atoms with Gasteiger partial charge in [0.25, 0.3) is 5.91 Å². The molecule has 1 amide bonds. The minimum atomic E-state index is -1.30. The van der Waals surface area contributed by atoms with Crippen LogP contribution in [0.4, 0.5) is 17.1 Å². The third-order valence-corrected chi connectivity index (χ3v) is 12.0. The van der Waals surface area contributed by atoms with Crippen molar-refractivity contribution in [1.82, 2.24) is 4.90 Å². The van der Waals surface area contributed by atoms with Crippen LogP contribution in [0.3, 0.4) is 0 Å². The second kappa shape index (κ2) is 15.2. The number of ether oxygens (including phenoxy) is 2. The lowest BCUT2D eigenvalue weighted by atomic mass is 9.70. The number of carbonyl (C=O) groups excluding carboxylic acids is 3. The molecule has 9 nitrogen and oxygen atoms in total. The summed E-state index contributed by atoms with van der Waals surface area (Å²) in [5.74, 6) is 0.407. The number of anilines is 3. The van der Waals surface area contributed by atoms with Gasteiger partial charge in [-0.1, -0.05) is 48.5 Å². The predicted molar refractivity (Wildman–Crippen MR) is 218 cm³/mol. The summed E-state index contributed by atoms with van der Waals surface area (Å²) in [5, 5.41) is 0. The summed E-state index contributed by atoms with van der Waals surface area (Å²) in [6.07, 6.45) is 6.62. The van der Waals surface area contributed by atoms with E-state index in [1.807, 2.05) is 111 Å². The smallest absolute Gasteiger partial charge is 0.330 e.